The van der Waals surface area contributed by atoms with E-state index in [1.807, 2.05) is 13.8 Å². The molecule has 0 saturated carbocycles. The molecule has 0 amide bonds. The molecule has 1 N–H and O–H groups in total. The number of rotatable bonds is 7. The zero-order valence-corrected chi connectivity index (χ0v) is 17.8. The Morgan fingerprint density at radius 3 is 2.53 bits per heavy atom. The van der Waals surface area contributed by atoms with E-state index < -0.39 is 18.4 Å². The third-order valence-corrected chi connectivity index (χ3v) is 4.91. The molecule has 162 valence electrons. The number of hydrogen-bond donors (Lipinski definition) is 1. The number of carbonyl (C=O) groups is 2. The van der Waals surface area contributed by atoms with E-state index in [4.69, 9.17) is 18.9 Å². The minimum atomic E-state index is -0.678. The molecule has 0 aliphatic carbocycles. The lowest BCUT2D eigenvalue weighted by Crippen LogP contribution is -2.42. The van der Waals surface area contributed by atoms with Gasteiger partial charge in [0, 0.05) is 44.4 Å². The SMILES string of the molecule is CC(=O)OCC1CC(OC(C)=O)CC(Oc2n[nH]c(C)c2Cc2ccc(C)cc2)O1. The maximum Gasteiger partial charge on any atom is 0.302 e. The van der Waals surface area contributed by atoms with Gasteiger partial charge in [0.2, 0.25) is 12.2 Å². The predicted molar refractivity (Wildman–Crippen MR) is 108 cm³/mol. The van der Waals surface area contributed by atoms with Crippen LogP contribution in [0.4, 0.5) is 0 Å². The van der Waals surface area contributed by atoms with Crippen LogP contribution in [0.25, 0.3) is 0 Å². The highest BCUT2D eigenvalue weighted by Gasteiger charge is 2.34. The van der Waals surface area contributed by atoms with Crippen molar-refractivity contribution < 1.29 is 28.5 Å². The van der Waals surface area contributed by atoms with Crippen LogP contribution in [0.5, 0.6) is 5.88 Å². The maximum absolute atomic E-state index is 11.4. The number of nitrogens with zero attached hydrogens (tertiary/aromatic N) is 1. The smallest absolute Gasteiger partial charge is 0.302 e. The van der Waals surface area contributed by atoms with Gasteiger partial charge in [-0.3, -0.25) is 14.7 Å². The van der Waals surface area contributed by atoms with Crippen molar-refractivity contribution >= 4 is 11.9 Å². The maximum atomic E-state index is 11.4. The van der Waals surface area contributed by atoms with Crippen LogP contribution in [0.1, 0.15) is 49.1 Å². The second-order valence-corrected chi connectivity index (χ2v) is 7.61. The summed E-state index contributed by atoms with van der Waals surface area (Å²) in [4.78, 5) is 22.6. The van der Waals surface area contributed by atoms with Crippen LogP contribution in [-0.2, 0) is 30.2 Å². The molecule has 0 radical (unpaired) electrons. The normalized spacial score (nSPS) is 21.1. The number of carbonyl (C=O) groups excluding carboxylic acids is 2. The van der Waals surface area contributed by atoms with Gasteiger partial charge in [-0.1, -0.05) is 29.8 Å². The lowest BCUT2D eigenvalue weighted by molar-refractivity contribution is -0.202. The Balaban J connectivity index is 1.72. The second kappa shape index (κ2) is 9.75. The van der Waals surface area contributed by atoms with Crippen LogP contribution in [0.15, 0.2) is 24.3 Å². The Labute approximate surface area is 175 Å². The van der Waals surface area contributed by atoms with Crippen molar-refractivity contribution in [3.8, 4) is 5.88 Å². The Kier molecular flexibility index (Phi) is 7.10. The highest BCUT2D eigenvalue weighted by molar-refractivity contribution is 5.66. The summed E-state index contributed by atoms with van der Waals surface area (Å²) >= 11 is 0. The fourth-order valence-corrected chi connectivity index (χ4v) is 3.42. The van der Waals surface area contributed by atoms with E-state index in [0.29, 0.717) is 25.1 Å². The van der Waals surface area contributed by atoms with Crippen LogP contribution < -0.4 is 4.74 Å². The van der Waals surface area contributed by atoms with Gasteiger partial charge in [0.15, 0.2) is 0 Å². The van der Waals surface area contributed by atoms with Crippen LogP contribution in [0, 0.1) is 13.8 Å². The predicted octanol–water partition coefficient (Wildman–Crippen LogP) is 3.00. The van der Waals surface area contributed by atoms with E-state index >= 15 is 0 Å². The topological polar surface area (TPSA) is 99.7 Å². The zero-order chi connectivity index (χ0) is 21.7. The number of aromatic nitrogens is 2. The van der Waals surface area contributed by atoms with Crippen molar-refractivity contribution in [2.75, 3.05) is 6.61 Å². The molecule has 0 spiro atoms. The van der Waals surface area contributed by atoms with Gasteiger partial charge in [-0.15, -0.1) is 5.10 Å². The number of ether oxygens (including phenoxy) is 4. The Hall–Kier alpha value is -2.87. The number of esters is 2. The summed E-state index contributed by atoms with van der Waals surface area (Å²) in [5.41, 5.74) is 4.19. The molecule has 8 nitrogen and oxygen atoms in total. The second-order valence-electron chi connectivity index (χ2n) is 7.61. The third kappa shape index (κ3) is 6.06. The molecule has 2 heterocycles. The van der Waals surface area contributed by atoms with Crippen molar-refractivity contribution in [3.05, 3.63) is 46.6 Å². The molecule has 3 unspecified atom stereocenters. The van der Waals surface area contributed by atoms with Gasteiger partial charge in [0.25, 0.3) is 0 Å². The van der Waals surface area contributed by atoms with Gasteiger partial charge in [0.05, 0.1) is 6.10 Å². The van der Waals surface area contributed by atoms with E-state index in [-0.39, 0.29) is 18.7 Å². The molecule has 1 aromatic carbocycles. The van der Waals surface area contributed by atoms with Gasteiger partial charge in [0.1, 0.15) is 12.7 Å². The van der Waals surface area contributed by atoms with Crippen molar-refractivity contribution in [2.24, 2.45) is 0 Å². The largest absolute Gasteiger partial charge is 0.463 e. The van der Waals surface area contributed by atoms with Crippen LogP contribution >= 0.6 is 0 Å². The first-order valence-electron chi connectivity index (χ1n) is 10.0. The van der Waals surface area contributed by atoms with Crippen molar-refractivity contribution in [1.82, 2.24) is 10.2 Å². The molecule has 0 bridgehead atoms. The molecular formula is C22H28N2O6. The highest BCUT2D eigenvalue weighted by Crippen LogP contribution is 2.28. The van der Waals surface area contributed by atoms with Crippen LogP contribution in [0.3, 0.4) is 0 Å². The number of hydrogen-bond acceptors (Lipinski definition) is 7. The van der Waals surface area contributed by atoms with E-state index in [0.717, 1.165) is 16.8 Å². The average molecular weight is 416 g/mol. The Bertz CT molecular complexity index is 876. The van der Waals surface area contributed by atoms with E-state index in [1.165, 1.54) is 19.4 Å². The number of aromatic amines is 1. The molecular weight excluding hydrogens is 388 g/mol. The number of nitrogens with one attached hydrogen (secondary N) is 1. The highest BCUT2D eigenvalue weighted by atomic mass is 16.7. The molecule has 1 saturated heterocycles. The average Bonchev–Trinajstić information content (AvgIpc) is 3.01. The zero-order valence-electron chi connectivity index (χ0n) is 17.8. The van der Waals surface area contributed by atoms with E-state index in [2.05, 4.69) is 34.5 Å². The molecule has 1 fully saturated rings. The monoisotopic (exact) mass is 416 g/mol. The number of benzene rings is 1. The fourth-order valence-electron chi connectivity index (χ4n) is 3.42. The molecule has 1 aliphatic heterocycles. The van der Waals surface area contributed by atoms with E-state index in [1.54, 1.807) is 0 Å². The summed E-state index contributed by atoms with van der Waals surface area (Å²) in [7, 11) is 0. The van der Waals surface area contributed by atoms with Gasteiger partial charge in [-0.2, -0.15) is 0 Å². The summed E-state index contributed by atoms with van der Waals surface area (Å²) in [5, 5.41) is 7.26. The first kappa shape index (κ1) is 21.8. The standard InChI is InChI=1S/C22H28N2O6/c1-13-5-7-17(8-6-13)9-20-14(2)23-24-22(20)30-21-11-18(28-16(4)26)10-19(29-21)12-27-15(3)25/h5-8,18-19,21H,9-12H2,1-4H3,(H,23,24). The quantitative estimate of drug-likeness (QED) is 0.693. The Morgan fingerprint density at radius 2 is 1.87 bits per heavy atom. The molecule has 1 aromatic heterocycles. The van der Waals surface area contributed by atoms with Crippen molar-refractivity contribution in [2.45, 2.75) is 65.5 Å². The summed E-state index contributed by atoms with van der Waals surface area (Å²) in [5.74, 6) is -0.315. The Morgan fingerprint density at radius 1 is 1.13 bits per heavy atom. The van der Waals surface area contributed by atoms with Crippen molar-refractivity contribution in [3.63, 3.8) is 0 Å². The summed E-state index contributed by atoms with van der Waals surface area (Å²) in [6.45, 7) is 6.76. The van der Waals surface area contributed by atoms with Gasteiger partial charge in [-0.05, 0) is 19.4 Å². The first-order valence-corrected chi connectivity index (χ1v) is 10.0. The molecule has 3 rings (SSSR count). The van der Waals surface area contributed by atoms with Gasteiger partial charge >= 0.3 is 11.9 Å². The third-order valence-electron chi connectivity index (χ3n) is 4.91. The number of H-pyrrole nitrogens is 1. The summed E-state index contributed by atoms with van der Waals surface area (Å²) < 4.78 is 22.4. The fraction of sp³-hybridized carbons (Fsp3) is 0.500. The van der Waals surface area contributed by atoms with Crippen LogP contribution in [0.2, 0.25) is 0 Å². The summed E-state index contributed by atoms with van der Waals surface area (Å²) in [6.07, 6.45) is -0.0353. The first-order chi connectivity index (χ1) is 14.3. The minimum absolute atomic E-state index is 0.0722. The van der Waals surface area contributed by atoms with Crippen molar-refractivity contribution in [1.29, 1.82) is 0 Å². The molecule has 2 aromatic rings. The van der Waals surface area contributed by atoms with Crippen LogP contribution in [-0.4, -0.2) is 47.2 Å². The number of aryl methyl sites for hydroxylation is 2. The molecule has 1 aliphatic rings. The molecule has 3 atom stereocenters. The molecule has 30 heavy (non-hydrogen) atoms. The lowest BCUT2D eigenvalue weighted by atomic mass is 10.0. The molecule has 8 heteroatoms. The van der Waals surface area contributed by atoms with Gasteiger partial charge in [-0.25, -0.2) is 0 Å². The van der Waals surface area contributed by atoms with Gasteiger partial charge < -0.3 is 18.9 Å². The van der Waals surface area contributed by atoms with E-state index in [9.17, 15) is 9.59 Å². The minimum Gasteiger partial charge on any atom is -0.463 e. The lowest BCUT2D eigenvalue weighted by Gasteiger charge is -2.34. The summed E-state index contributed by atoms with van der Waals surface area (Å²) in [6, 6.07) is 8.29.